The molecule has 0 aliphatic heterocycles. The van der Waals surface area contributed by atoms with Gasteiger partial charge in [-0.1, -0.05) is 0 Å². The average molecular weight is 222 g/mol. The Morgan fingerprint density at radius 1 is 1.38 bits per heavy atom. The molecule has 0 saturated heterocycles. The largest absolute Gasteiger partial charge is 0.356 e. The Morgan fingerprint density at radius 3 is 2.69 bits per heavy atom. The van der Waals surface area contributed by atoms with E-state index in [2.05, 4.69) is 10.3 Å². The summed E-state index contributed by atoms with van der Waals surface area (Å²) in [6.45, 7) is 1.92. The van der Waals surface area contributed by atoms with Gasteiger partial charge in [-0.3, -0.25) is 14.4 Å². The smallest absolute Gasteiger partial charge is 0.247 e. The zero-order valence-electron chi connectivity index (χ0n) is 9.08. The zero-order valence-corrected chi connectivity index (χ0v) is 9.08. The minimum Gasteiger partial charge on any atom is -0.356 e. The van der Waals surface area contributed by atoms with Crippen LogP contribution in [0.2, 0.25) is 0 Å². The number of carbonyl (C=O) groups excluding carboxylic acids is 2. The van der Waals surface area contributed by atoms with Gasteiger partial charge in [-0.15, -0.1) is 0 Å². The van der Waals surface area contributed by atoms with Crippen LogP contribution in [0.3, 0.4) is 0 Å². The number of pyridine rings is 1. The van der Waals surface area contributed by atoms with Crippen LogP contribution in [0.1, 0.15) is 30.1 Å². The number of aromatic amines is 1. The molecular weight excluding hydrogens is 208 g/mol. The van der Waals surface area contributed by atoms with Gasteiger partial charge < -0.3 is 10.3 Å². The molecule has 0 fully saturated rings. The lowest BCUT2D eigenvalue weighted by atomic mass is 10.1. The van der Waals surface area contributed by atoms with Crippen LogP contribution in [0.4, 0.5) is 0 Å². The Balaban J connectivity index is 2.38. The molecule has 1 rings (SSSR count). The third-order valence-electron chi connectivity index (χ3n) is 2.06. The number of carbonyl (C=O) groups is 2. The lowest BCUT2D eigenvalue weighted by molar-refractivity contribution is -0.118. The summed E-state index contributed by atoms with van der Waals surface area (Å²) in [7, 11) is 0. The normalized spacial score (nSPS) is 9.81. The molecule has 2 N–H and O–H groups in total. The SMILES string of the molecule is CC(=O)NCCCC(=O)c1ccc(=O)[nH]c1. The second kappa shape index (κ2) is 5.85. The molecule has 0 spiro atoms. The Labute approximate surface area is 92.9 Å². The first-order valence-electron chi connectivity index (χ1n) is 5.06. The Hall–Kier alpha value is -1.91. The summed E-state index contributed by atoms with van der Waals surface area (Å²) in [4.78, 5) is 35.3. The van der Waals surface area contributed by atoms with E-state index in [1.165, 1.54) is 25.3 Å². The molecule has 0 aromatic carbocycles. The highest BCUT2D eigenvalue weighted by Crippen LogP contribution is 2.01. The Kier molecular flexibility index (Phi) is 4.44. The Morgan fingerprint density at radius 2 is 2.12 bits per heavy atom. The summed E-state index contributed by atoms with van der Waals surface area (Å²) in [5.41, 5.74) is 0.261. The molecule has 0 aliphatic carbocycles. The fourth-order valence-corrected chi connectivity index (χ4v) is 1.24. The summed E-state index contributed by atoms with van der Waals surface area (Å²) in [5.74, 6) is -0.141. The van der Waals surface area contributed by atoms with E-state index in [1.807, 2.05) is 0 Å². The van der Waals surface area contributed by atoms with Crippen LogP contribution in [0.25, 0.3) is 0 Å². The number of H-pyrrole nitrogens is 1. The molecule has 1 amide bonds. The summed E-state index contributed by atoms with van der Waals surface area (Å²) in [5, 5.41) is 2.61. The number of nitrogens with one attached hydrogen (secondary N) is 2. The average Bonchev–Trinajstić information content (AvgIpc) is 2.25. The molecule has 0 unspecified atom stereocenters. The second-order valence-electron chi connectivity index (χ2n) is 3.45. The lowest BCUT2D eigenvalue weighted by Gasteiger charge is -2.01. The molecule has 16 heavy (non-hydrogen) atoms. The molecule has 1 aromatic rings. The van der Waals surface area contributed by atoms with Gasteiger partial charge in [-0.2, -0.15) is 0 Å². The van der Waals surface area contributed by atoms with Crippen molar-refractivity contribution in [1.82, 2.24) is 10.3 Å². The molecule has 0 aliphatic rings. The maximum Gasteiger partial charge on any atom is 0.247 e. The van der Waals surface area contributed by atoms with Gasteiger partial charge in [0.15, 0.2) is 5.78 Å². The highest BCUT2D eigenvalue weighted by Gasteiger charge is 2.05. The number of aromatic nitrogens is 1. The van der Waals surface area contributed by atoms with Crippen LogP contribution in [0.5, 0.6) is 0 Å². The highest BCUT2D eigenvalue weighted by atomic mass is 16.1. The van der Waals surface area contributed by atoms with E-state index in [-0.39, 0.29) is 17.2 Å². The van der Waals surface area contributed by atoms with Gasteiger partial charge in [-0.05, 0) is 12.5 Å². The van der Waals surface area contributed by atoms with Crippen molar-refractivity contribution in [3.05, 3.63) is 34.2 Å². The van der Waals surface area contributed by atoms with Crippen molar-refractivity contribution in [2.24, 2.45) is 0 Å². The molecule has 1 aromatic heterocycles. The van der Waals surface area contributed by atoms with Crippen molar-refractivity contribution >= 4 is 11.7 Å². The summed E-state index contributed by atoms with van der Waals surface area (Å²) in [6, 6.07) is 2.82. The standard InChI is InChI=1S/C11H14N2O3/c1-8(14)12-6-2-3-10(15)9-4-5-11(16)13-7-9/h4-5,7H,2-3,6H2,1H3,(H,12,14)(H,13,16). The molecule has 86 valence electrons. The van der Waals surface area contributed by atoms with E-state index in [9.17, 15) is 14.4 Å². The molecule has 5 heteroatoms. The van der Waals surface area contributed by atoms with Gasteiger partial charge in [0, 0.05) is 37.7 Å². The minimum atomic E-state index is -0.227. The quantitative estimate of drug-likeness (QED) is 0.561. The van der Waals surface area contributed by atoms with Crippen LogP contribution in [0, 0.1) is 0 Å². The molecule has 5 nitrogen and oxygen atoms in total. The predicted molar refractivity (Wildman–Crippen MR) is 59.3 cm³/mol. The van der Waals surface area contributed by atoms with Crippen molar-refractivity contribution in [1.29, 1.82) is 0 Å². The van der Waals surface area contributed by atoms with Crippen LogP contribution >= 0.6 is 0 Å². The van der Waals surface area contributed by atoms with Gasteiger partial charge in [-0.25, -0.2) is 0 Å². The first-order chi connectivity index (χ1) is 7.59. The number of hydrogen-bond donors (Lipinski definition) is 2. The molecule has 1 heterocycles. The van der Waals surface area contributed by atoms with Crippen molar-refractivity contribution in [2.45, 2.75) is 19.8 Å². The van der Waals surface area contributed by atoms with Gasteiger partial charge in [0.1, 0.15) is 0 Å². The highest BCUT2D eigenvalue weighted by molar-refractivity contribution is 5.95. The fourth-order valence-electron chi connectivity index (χ4n) is 1.24. The van der Waals surface area contributed by atoms with Crippen LogP contribution < -0.4 is 10.9 Å². The topological polar surface area (TPSA) is 79.0 Å². The monoisotopic (exact) mass is 222 g/mol. The molecule has 0 saturated carbocycles. The Bertz CT molecular complexity index is 417. The summed E-state index contributed by atoms with van der Waals surface area (Å²) < 4.78 is 0. The second-order valence-corrected chi connectivity index (χ2v) is 3.45. The van der Waals surface area contributed by atoms with E-state index < -0.39 is 0 Å². The van der Waals surface area contributed by atoms with E-state index in [0.717, 1.165) is 0 Å². The number of Topliss-reactive ketones (excluding diaryl/α,β-unsaturated/α-hetero) is 1. The number of ketones is 1. The lowest BCUT2D eigenvalue weighted by Crippen LogP contribution is -2.21. The maximum atomic E-state index is 11.6. The first-order valence-corrected chi connectivity index (χ1v) is 5.06. The number of rotatable bonds is 5. The van der Waals surface area contributed by atoms with Crippen LogP contribution in [-0.2, 0) is 4.79 Å². The van der Waals surface area contributed by atoms with E-state index in [0.29, 0.717) is 24.9 Å². The summed E-state index contributed by atoms with van der Waals surface area (Å²) >= 11 is 0. The maximum absolute atomic E-state index is 11.6. The van der Waals surface area contributed by atoms with Gasteiger partial charge >= 0.3 is 0 Å². The van der Waals surface area contributed by atoms with Crippen molar-refractivity contribution in [3.8, 4) is 0 Å². The molecule has 0 radical (unpaired) electrons. The molecular formula is C11H14N2O3. The third kappa shape index (κ3) is 4.08. The first kappa shape index (κ1) is 12.2. The van der Waals surface area contributed by atoms with E-state index >= 15 is 0 Å². The third-order valence-corrected chi connectivity index (χ3v) is 2.06. The van der Waals surface area contributed by atoms with Crippen LogP contribution in [-0.4, -0.2) is 23.2 Å². The van der Waals surface area contributed by atoms with Crippen molar-refractivity contribution in [2.75, 3.05) is 6.54 Å². The van der Waals surface area contributed by atoms with Crippen LogP contribution in [0.15, 0.2) is 23.1 Å². The summed E-state index contributed by atoms with van der Waals surface area (Å²) in [6.07, 6.45) is 2.35. The predicted octanol–water partition coefficient (Wildman–Crippen LogP) is 0.474. The van der Waals surface area contributed by atoms with Crippen molar-refractivity contribution in [3.63, 3.8) is 0 Å². The molecule has 0 bridgehead atoms. The van der Waals surface area contributed by atoms with Gasteiger partial charge in [0.05, 0.1) is 0 Å². The van der Waals surface area contributed by atoms with Gasteiger partial charge in [0.2, 0.25) is 11.5 Å². The van der Waals surface area contributed by atoms with Crippen molar-refractivity contribution < 1.29 is 9.59 Å². The number of hydrogen-bond acceptors (Lipinski definition) is 3. The molecule has 0 atom stereocenters. The van der Waals surface area contributed by atoms with E-state index in [4.69, 9.17) is 0 Å². The number of amides is 1. The van der Waals surface area contributed by atoms with Gasteiger partial charge in [0.25, 0.3) is 0 Å². The van der Waals surface area contributed by atoms with E-state index in [1.54, 1.807) is 0 Å². The zero-order chi connectivity index (χ0) is 12.0. The fraction of sp³-hybridized carbons (Fsp3) is 0.364. The minimum absolute atomic E-state index is 0.0402.